The molecule has 3 heterocycles. The van der Waals surface area contributed by atoms with Crippen molar-refractivity contribution in [2.45, 2.75) is 30.9 Å². The summed E-state index contributed by atoms with van der Waals surface area (Å²) in [5, 5.41) is 10.7. The van der Waals surface area contributed by atoms with Crippen LogP contribution in [0.5, 0.6) is 5.75 Å². The molecular weight excluding hydrogens is 398 g/mol. The molecule has 0 spiro atoms. The Morgan fingerprint density at radius 3 is 2.40 bits per heavy atom. The van der Waals surface area contributed by atoms with Gasteiger partial charge in [0.05, 0.1) is 24.8 Å². The van der Waals surface area contributed by atoms with Gasteiger partial charge in [0.25, 0.3) is 0 Å². The Balaban J connectivity index is 1.26. The van der Waals surface area contributed by atoms with E-state index in [1.807, 2.05) is 61.2 Å². The first-order chi connectivity index (χ1) is 14.5. The molecule has 0 bridgehead atoms. The number of likely N-dealkylation sites (tertiary alicyclic amines) is 1. The maximum absolute atomic E-state index is 12.7. The van der Waals surface area contributed by atoms with E-state index < -0.39 is 5.92 Å². The molecule has 1 aromatic carbocycles. The third-order valence-electron chi connectivity index (χ3n) is 5.30. The third-order valence-corrected chi connectivity index (χ3v) is 6.24. The van der Waals surface area contributed by atoms with Crippen LogP contribution in [0.2, 0.25) is 0 Å². The van der Waals surface area contributed by atoms with Gasteiger partial charge in [0, 0.05) is 26.2 Å². The molecule has 2 saturated heterocycles. The van der Waals surface area contributed by atoms with Crippen LogP contribution in [0, 0.1) is 0 Å². The molecule has 2 aromatic rings. The fourth-order valence-corrected chi connectivity index (χ4v) is 4.52. The first-order valence-corrected chi connectivity index (χ1v) is 11.0. The summed E-state index contributed by atoms with van der Waals surface area (Å²) in [4.78, 5) is 19.0. The van der Waals surface area contributed by atoms with Crippen molar-refractivity contribution in [1.29, 1.82) is 0 Å². The number of carbonyl (C=O) groups is 1. The van der Waals surface area contributed by atoms with E-state index in [1.165, 1.54) is 11.1 Å². The predicted molar refractivity (Wildman–Crippen MR) is 117 cm³/mol. The Labute approximate surface area is 181 Å². The number of carbonyl (C=O) groups excluding carboxylic acids is 1. The Hall–Kier alpha value is -2.35. The van der Waals surface area contributed by atoms with Gasteiger partial charge in [-0.25, -0.2) is 9.29 Å². The maximum atomic E-state index is 12.7. The van der Waals surface area contributed by atoms with Crippen molar-refractivity contribution < 1.29 is 14.6 Å². The third kappa shape index (κ3) is 4.69. The zero-order chi connectivity index (χ0) is 21.1. The molecule has 4 rings (SSSR count). The lowest BCUT2D eigenvalue weighted by atomic mass is 9.92. The quantitative estimate of drug-likeness (QED) is 0.543. The van der Waals surface area contributed by atoms with E-state index in [0.29, 0.717) is 13.1 Å². The van der Waals surface area contributed by atoms with E-state index in [9.17, 15) is 9.90 Å². The minimum absolute atomic E-state index is 0.00603. The van der Waals surface area contributed by atoms with Crippen LogP contribution in [-0.2, 0) is 4.79 Å². The molecule has 2 aliphatic heterocycles. The van der Waals surface area contributed by atoms with Gasteiger partial charge in [0.1, 0.15) is 10.8 Å². The molecule has 0 aliphatic carbocycles. The molecule has 2 fully saturated rings. The van der Waals surface area contributed by atoms with Crippen molar-refractivity contribution in [3.05, 3.63) is 65.4 Å². The van der Waals surface area contributed by atoms with Crippen molar-refractivity contribution >= 4 is 17.9 Å². The average Bonchev–Trinajstić information content (AvgIpc) is 2.67. The summed E-state index contributed by atoms with van der Waals surface area (Å²) in [7, 11) is 0. The van der Waals surface area contributed by atoms with E-state index in [-0.39, 0.29) is 18.6 Å². The molecule has 7 heteroatoms. The minimum atomic E-state index is -0.472. The van der Waals surface area contributed by atoms with E-state index >= 15 is 0 Å². The second kappa shape index (κ2) is 9.20. The monoisotopic (exact) mass is 425 g/mol. The van der Waals surface area contributed by atoms with E-state index in [4.69, 9.17) is 4.74 Å². The van der Waals surface area contributed by atoms with Crippen molar-refractivity contribution in [2.75, 3.05) is 32.8 Å². The number of aromatic nitrogens is 1. The Kier molecular flexibility index (Phi) is 6.41. The summed E-state index contributed by atoms with van der Waals surface area (Å²) in [6.45, 7) is 6.98. The molecule has 1 aromatic heterocycles. The number of aliphatic hydroxyl groups excluding tert-OH is 1. The van der Waals surface area contributed by atoms with Gasteiger partial charge in [-0.2, -0.15) is 0 Å². The Morgan fingerprint density at radius 1 is 1.10 bits per heavy atom. The first-order valence-electron chi connectivity index (χ1n) is 10.2. The minimum Gasteiger partial charge on any atom is -0.489 e. The highest BCUT2D eigenvalue weighted by molar-refractivity contribution is 7.97. The number of amides is 1. The standard InChI is InChI=1S/C23H27N3O3S/c1-16(2)29-20-8-9-22(24-10-20)30-26-13-19(14-26)18-11-25(12-18)23(28)21(15-27)17-6-4-3-5-7-17/h3-10,16,21,27H,11-15H2,1-2H3. The summed E-state index contributed by atoms with van der Waals surface area (Å²) in [5.74, 6) is 0.322. The summed E-state index contributed by atoms with van der Waals surface area (Å²) in [6.07, 6.45) is 1.91. The second-order valence-corrected chi connectivity index (χ2v) is 9.05. The highest BCUT2D eigenvalue weighted by Gasteiger charge is 2.35. The zero-order valence-electron chi connectivity index (χ0n) is 17.3. The van der Waals surface area contributed by atoms with Gasteiger partial charge in [0.15, 0.2) is 0 Å². The summed E-state index contributed by atoms with van der Waals surface area (Å²) < 4.78 is 7.89. The van der Waals surface area contributed by atoms with Crippen molar-refractivity contribution in [2.24, 2.45) is 0 Å². The van der Waals surface area contributed by atoms with Gasteiger partial charge < -0.3 is 14.7 Å². The van der Waals surface area contributed by atoms with Crippen LogP contribution in [0.3, 0.4) is 0 Å². The van der Waals surface area contributed by atoms with Gasteiger partial charge in [-0.1, -0.05) is 30.3 Å². The molecule has 1 N–H and O–H groups in total. The largest absolute Gasteiger partial charge is 0.489 e. The van der Waals surface area contributed by atoms with Crippen LogP contribution in [-0.4, -0.2) is 64.1 Å². The molecule has 2 aliphatic rings. The number of rotatable bonds is 7. The number of nitrogens with zero attached hydrogens (tertiary/aromatic N) is 3. The highest BCUT2D eigenvalue weighted by atomic mass is 32.2. The molecule has 1 unspecified atom stereocenters. The highest BCUT2D eigenvalue weighted by Crippen LogP contribution is 2.34. The lowest BCUT2D eigenvalue weighted by Crippen LogP contribution is -2.50. The summed E-state index contributed by atoms with van der Waals surface area (Å²) in [5.41, 5.74) is 3.62. The number of hydrogen-bond donors (Lipinski definition) is 1. The topological polar surface area (TPSA) is 65.9 Å². The van der Waals surface area contributed by atoms with Gasteiger partial charge >= 0.3 is 0 Å². The van der Waals surface area contributed by atoms with Crippen molar-refractivity contribution in [1.82, 2.24) is 14.2 Å². The molecule has 1 amide bonds. The molecule has 6 nitrogen and oxygen atoms in total. The van der Waals surface area contributed by atoms with Gasteiger partial charge in [-0.3, -0.25) is 4.79 Å². The molecule has 0 radical (unpaired) electrons. The van der Waals surface area contributed by atoms with Crippen LogP contribution in [0.1, 0.15) is 25.3 Å². The summed E-state index contributed by atoms with van der Waals surface area (Å²) >= 11 is 1.65. The van der Waals surface area contributed by atoms with E-state index in [2.05, 4.69) is 9.29 Å². The van der Waals surface area contributed by atoms with Crippen LogP contribution in [0.25, 0.3) is 0 Å². The lowest BCUT2D eigenvalue weighted by molar-refractivity contribution is -0.135. The summed E-state index contributed by atoms with van der Waals surface area (Å²) in [6, 6.07) is 13.4. The number of benzene rings is 1. The Morgan fingerprint density at radius 2 is 1.80 bits per heavy atom. The Bertz CT molecular complexity index is 899. The molecule has 0 saturated carbocycles. The fraction of sp³-hybridized carbons (Fsp3) is 0.391. The van der Waals surface area contributed by atoms with E-state index in [0.717, 1.165) is 29.4 Å². The molecule has 158 valence electrons. The van der Waals surface area contributed by atoms with Crippen LogP contribution < -0.4 is 4.74 Å². The van der Waals surface area contributed by atoms with Crippen LogP contribution in [0.4, 0.5) is 0 Å². The van der Waals surface area contributed by atoms with Gasteiger partial charge in [-0.15, -0.1) is 0 Å². The van der Waals surface area contributed by atoms with Crippen LogP contribution in [0.15, 0.2) is 64.8 Å². The number of aliphatic hydroxyl groups is 1. The number of pyridine rings is 1. The van der Waals surface area contributed by atoms with Crippen LogP contribution >= 0.6 is 11.9 Å². The van der Waals surface area contributed by atoms with Crippen molar-refractivity contribution in [3.8, 4) is 5.75 Å². The first kappa shape index (κ1) is 20.9. The lowest BCUT2D eigenvalue weighted by Gasteiger charge is -2.42. The van der Waals surface area contributed by atoms with Crippen molar-refractivity contribution in [3.63, 3.8) is 0 Å². The number of ether oxygens (including phenoxy) is 1. The second-order valence-electron chi connectivity index (χ2n) is 7.94. The normalized spacial score (nSPS) is 17.5. The van der Waals surface area contributed by atoms with E-state index in [1.54, 1.807) is 18.1 Å². The van der Waals surface area contributed by atoms with Gasteiger partial charge in [-0.05, 0) is 54.6 Å². The number of hydrogen-bond acceptors (Lipinski definition) is 6. The SMILES string of the molecule is CC(C)Oc1ccc(SN2CC(=C3CN(C(=O)C(CO)c4ccccc4)C3)C2)nc1. The zero-order valence-corrected chi connectivity index (χ0v) is 18.1. The van der Waals surface area contributed by atoms with Gasteiger partial charge in [0.2, 0.25) is 5.91 Å². The smallest absolute Gasteiger partial charge is 0.233 e. The molecule has 1 atom stereocenters. The average molecular weight is 426 g/mol. The fourth-order valence-electron chi connectivity index (χ4n) is 3.59. The molecule has 30 heavy (non-hydrogen) atoms. The molecular formula is C23H27N3O3S. The maximum Gasteiger partial charge on any atom is 0.233 e. The predicted octanol–water partition coefficient (Wildman–Crippen LogP) is 3.11.